The molecule has 78 valence electrons. The van der Waals surface area contributed by atoms with Crippen molar-refractivity contribution in [3.05, 3.63) is 59.7 Å². The first-order valence-corrected chi connectivity index (χ1v) is 5.15. The largest absolute Gasteiger partial charge is 0.287 e. The number of aliphatic imine (C=N–C) groups is 1. The quantitative estimate of drug-likeness (QED) is 0.520. The van der Waals surface area contributed by atoms with Crippen LogP contribution in [0.2, 0.25) is 0 Å². The van der Waals surface area contributed by atoms with Gasteiger partial charge in [0.15, 0.2) is 0 Å². The van der Waals surface area contributed by atoms with Crippen molar-refractivity contribution in [3.63, 3.8) is 0 Å². The minimum absolute atomic E-state index is 1.04. The lowest BCUT2D eigenvalue weighted by Crippen LogP contribution is -2.02. The van der Waals surface area contributed by atoms with E-state index >= 15 is 0 Å². The van der Waals surface area contributed by atoms with E-state index in [9.17, 15) is 0 Å². The number of nitrogens with zero attached hydrogens (tertiary/aromatic N) is 1. The summed E-state index contributed by atoms with van der Waals surface area (Å²) in [4.78, 5) is 4.35. The van der Waals surface area contributed by atoms with Gasteiger partial charge in [-0.1, -0.05) is 48.6 Å². The molecule has 0 heterocycles. The lowest BCUT2D eigenvalue weighted by Gasteiger charge is -2.06. The third kappa shape index (κ3) is 2.91. The fourth-order valence-electron chi connectivity index (χ4n) is 1.51. The van der Waals surface area contributed by atoms with Gasteiger partial charge in [-0.25, -0.2) is 0 Å². The van der Waals surface area contributed by atoms with Crippen LogP contribution in [0.3, 0.4) is 0 Å². The highest BCUT2D eigenvalue weighted by Crippen LogP contribution is 2.10. The summed E-state index contributed by atoms with van der Waals surface area (Å²) < 4.78 is 0. The Morgan fingerprint density at radius 1 is 1.13 bits per heavy atom. The Hall–Kier alpha value is -1.63. The standard InChI is InChI=1S/C14H17N/c1-4-9-12(5-2)14(15-3)13-10-7-6-8-11-13/h4-11H,1-3H3/b9-4-,12-5+,15-14?. The highest BCUT2D eigenvalue weighted by molar-refractivity contribution is 6.14. The summed E-state index contributed by atoms with van der Waals surface area (Å²) in [6.07, 6.45) is 6.19. The highest BCUT2D eigenvalue weighted by Gasteiger charge is 2.04. The second-order valence-electron chi connectivity index (χ2n) is 3.18. The SMILES string of the molecule is C/C=C\C(=C/C)C(=NC)c1ccccc1. The van der Waals surface area contributed by atoms with Crippen molar-refractivity contribution in [3.8, 4) is 0 Å². The smallest absolute Gasteiger partial charge is 0.0712 e. The van der Waals surface area contributed by atoms with Crippen LogP contribution >= 0.6 is 0 Å². The molecule has 1 aromatic carbocycles. The van der Waals surface area contributed by atoms with Gasteiger partial charge in [0.05, 0.1) is 5.71 Å². The normalized spacial score (nSPS) is 13.5. The molecule has 0 N–H and O–H groups in total. The van der Waals surface area contributed by atoms with Crippen molar-refractivity contribution in [2.45, 2.75) is 13.8 Å². The van der Waals surface area contributed by atoms with Gasteiger partial charge in [0, 0.05) is 12.6 Å². The van der Waals surface area contributed by atoms with Crippen LogP contribution in [-0.4, -0.2) is 12.8 Å². The average Bonchev–Trinajstić information content (AvgIpc) is 2.30. The maximum absolute atomic E-state index is 4.35. The molecule has 0 spiro atoms. The molecule has 0 amide bonds. The molecule has 1 rings (SSSR count). The monoisotopic (exact) mass is 199 g/mol. The van der Waals surface area contributed by atoms with E-state index in [1.54, 1.807) is 0 Å². The summed E-state index contributed by atoms with van der Waals surface area (Å²) in [7, 11) is 1.83. The highest BCUT2D eigenvalue weighted by atomic mass is 14.7. The summed E-state index contributed by atoms with van der Waals surface area (Å²) in [5, 5.41) is 0. The first-order chi connectivity index (χ1) is 7.33. The van der Waals surface area contributed by atoms with Crippen molar-refractivity contribution in [1.29, 1.82) is 0 Å². The third-order valence-corrected chi connectivity index (χ3v) is 2.20. The fourth-order valence-corrected chi connectivity index (χ4v) is 1.51. The van der Waals surface area contributed by atoms with Gasteiger partial charge in [-0.05, 0) is 19.4 Å². The molecule has 0 saturated heterocycles. The Morgan fingerprint density at radius 2 is 1.80 bits per heavy atom. The summed E-state index contributed by atoms with van der Waals surface area (Å²) in [5.41, 5.74) is 3.36. The number of allylic oxidation sites excluding steroid dienone is 4. The molecule has 1 aromatic rings. The molecule has 0 radical (unpaired) electrons. The van der Waals surface area contributed by atoms with Gasteiger partial charge in [-0.15, -0.1) is 0 Å². The molecule has 0 aromatic heterocycles. The Kier molecular flexibility index (Phi) is 4.55. The Morgan fingerprint density at radius 3 is 2.27 bits per heavy atom. The van der Waals surface area contributed by atoms with E-state index in [-0.39, 0.29) is 0 Å². The van der Waals surface area contributed by atoms with Crippen LogP contribution in [0.1, 0.15) is 19.4 Å². The molecule has 0 aliphatic rings. The van der Waals surface area contributed by atoms with Gasteiger partial charge in [0.25, 0.3) is 0 Å². The van der Waals surface area contributed by atoms with Gasteiger partial charge >= 0.3 is 0 Å². The van der Waals surface area contributed by atoms with Crippen LogP contribution in [0, 0.1) is 0 Å². The Bertz CT molecular complexity index is 383. The van der Waals surface area contributed by atoms with Crippen molar-refractivity contribution >= 4 is 5.71 Å². The summed E-state index contributed by atoms with van der Waals surface area (Å²) in [6.45, 7) is 4.05. The lowest BCUT2D eigenvalue weighted by molar-refractivity contribution is 1.41. The molecule has 15 heavy (non-hydrogen) atoms. The third-order valence-electron chi connectivity index (χ3n) is 2.20. The number of hydrogen-bond acceptors (Lipinski definition) is 1. The zero-order chi connectivity index (χ0) is 11.1. The van der Waals surface area contributed by atoms with Crippen molar-refractivity contribution in [2.24, 2.45) is 4.99 Å². The van der Waals surface area contributed by atoms with Crippen LogP contribution in [0.5, 0.6) is 0 Å². The van der Waals surface area contributed by atoms with Gasteiger partial charge in [-0.2, -0.15) is 0 Å². The van der Waals surface area contributed by atoms with Crippen LogP contribution in [0.4, 0.5) is 0 Å². The molecular weight excluding hydrogens is 182 g/mol. The number of benzene rings is 1. The van der Waals surface area contributed by atoms with E-state index in [4.69, 9.17) is 0 Å². The topological polar surface area (TPSA) is 12.4 Å². The molecule has 1 heteroatoms. The van der Waals surface area contributed by atoms with E-state index in [1.807, 2.05) is 45.2 Å². The zero-order valence-electron chi connectivity index (χ0n) is 9.57. The van der Waals surface area contributed by atoms with Crippen LogP contribution in [0.25, 0.3) is 0 Å². The van der Waals surface area contributed by atoms with E-state index in [0.717, 1.165) is 16.8 Å². The van der Waals surface area contributed by atoms with Crippen molar-refractivity contribution in [1.82, 2.24) is 0 Å². The van der Waals surface area contributed by atoms with Gasteiger partial charge in [-0.3, -0.25) is 4.99 Å². The van der Waals surface area contributed by atoms with Gasteiger partial charge in [0.2, 0.25) is 0 Å². The Labute approximate surface area is 91.9 Å². The zero-order valence-corrected chi connectivity index (χ0v) is 9.57. The molecular formula is C14H17N. The van der Waals surface area contributed by atoms with E-state index < -0.39 is 0 Å². The van der Waals surface area contributed by atoms with Crippen LogP contribution in [0.15, 0.2) is 59.1 Å². The fraction of sp³-hybridized carbons (Fsp3) is 0.214. The molecule has 0 bridgehead atoms. The first-order valence-electron chi connectivity index (χ1n) is 5.15. The van der Waals surface area contributed by atoms with Crippen LogP contribution < -0.4 is 0 Å². The molecule has 0 saturated carbocycles. The second-order valence-corrected chi connectivity index (χ2v) is 3.18. The maximum Gasteiger partial charge on any atom is 0.0712 e. The summed E-state index contributed by atoms with van der Waals surface area (Å²) in [6, 6.07) is 10.2. The van der Waals surface area contributed by atoms with Gasteiger partial charge < -0.3 is 0 Å². The minimum Gasteiger partial charge on any atom is -0.287 e. The predicted molar refractivity (Wildman–Crippen MR) is 67.5 cm³/mol. The molecule has 0 aliphatic heterocycles. The predicted octanol–water partition coefficient (Wildman–Crippen LogP) is 3.63. The van der Waals surface area contributed by atoms with E-state index in [2.05, 4.69) is 29.3 Å². The number of hydrogen-bond donors (Lipinski definition) is 0. The second kappa shape index (κ2) is 5.97. The van der Waals surface area contributed by atoms with Crippen LogP contribution in [-0.2, 0) is 0 Å². The average molecular weight is 199 g/mol. The number of rotatable bonds is 3. The Balaban J connectivity index is 3.11. The van der Waals surface area contributed by atoms with Gasteiger partial charge in [0.1, 0.15) is 0 Å². The first kappa shape index (κ1) is 11.4. The lowest BCUT2D eigenvalue weighted by atomic mass is 10.0. The molecule has 1 nitrogen and oxygen atoms in total. The molecule has 0 unspecified atom stereocenters. The molecule has 0 aliphatic carbocycles. The molecule has 0 atom stereocenters. The minimum atomic E-state index is 1.04. The maximum atomic E-state index is 4.35. The van der Waals surface area contributed by atoms with E-state index in [0.29, 0.717) is 0 Å². The molecule has 0 fully saturated rings. The summed E-state index contributed by atoms with van der Waals surface area (Å²) in [5.74, 6) is 0. The summed E-state index contributed by atoms with van der Waals surface area (Å²) >= 11 is 0. The van der Waals surface area contributed by atoms with E-state index in [1.165, 1.54) is 0 Å². The van der Waals surface area contributed by atoms with Crippen molar-refractivity contribution < 1.29 is 0 Å². The van der Waals surface area contributed by atoms with Crippen molar-refractivity contribution in [2.75, 3.05) is 7.05 Å².